The predicted octanol–water partition coefficient (Wildman–Crippen LogP) is 6.06. The van der Waals surface area contributed by atoms with Gasteiger partial charge in [-0.25, -0.2) is 19.3 Å². The summed E-state index contributed by atoms with van der Waals surface area (Å²) in [5.74, 6) is -0.552. The van der Waals surface area contributed by atoms with Crippen molar-refractivity contribution in [2.24, 2.45) is 0 Å². The van der Waals surface area contributed by atoms with Crippen LogP contribution in [-0.4, -0.2) is 129 Å². The van der Waals surface area contributed by atoms with E-state index in [0.717, 1.165) is 134 Å². The van der Waals surface area contributed by atoms with Crippen LogP contribution in [0.15, 0.2) is 60.9 Å². The lowest BCUT2D eigenvalue weighted by Crippen LogP contribution is -2.45. The second-order valence-electron chi connectivity index (χ2n) is 15.4. The van der Waals surface area contributed by atoms with Gasteiger partial charge in [0.2, 0.25) is 0 Å². The smallest absolute Gasteiger partial charge is 0.258 e. The number of aryl methyl sites for hydroxylation is 4. The normalized spacial score (nSPS) is 15.3. The summed E-state index contributed by atoms with van der Waals surface area (Å²) in [6.45, 7) is 19.5. The van der Waals surface area contributed by atoms with Crippen LogP contribution >= 0.6 is 23.2 Å². The van der Waals surface area contributed by atoms with Crippen LogP contribution in [0.25, 0.3) is 22.1 Å². The van der Waals surface area contributed by atoms with Gasteiger partial charge in [0.25, 0.3) is 11.8 Å². The molecule has 2 aliphatic rings. The number of piperazine rings is 2. The van der Waals surface area contributed by atoms with Crippen LogP contribution < -0.4 is 16.0 Å². The molecule has 0 unspecified atom stereocenters. The zero-order valence-corrected chi connectivity index (χ0v) is 35.9. The molecule has 6 aromatic rings. The first-order valence-electron chi connectivity index (χ1n) is 20.1. The van der Waals surface area contributed by atoms with Crippen molar-refractivity contribution in [2.75, 3.05) is 83.1 Å². The van der Waals surface area contributed by atoms with E-state index in [0.29, 0.717) is 21.2 Å². The van der Waals surface area contributed by atoms with Gasteiger partial charge in [-0.05, 0) is 59.0 Å². The number of carbonyl (C=O) groups is 2. The van der Waals surface area contributed by atoms with Gasteiger partial charge in [-0.1, -0.05) is 58.6 Å². The molecule has 0 atom stereocenters. The first-order valence-corrected chi connectivity index (χ1v) is 20.8. The lowest BCUT2D eigenvalue weighted by molar-refractivity contribution is 0.101. The molecule has 2 amide bonds. The summed E-state index contributed by atoms with van der Waals surface area (Å²) in [5.41, 5.74) is 7.42. The fourth-order valence-corrected chi connectivity index (χ4v) is 8.04. The molecule has 2 aliphatic heterocycles. The number of hydrogen-bond donors (Lipinski definition) is 3. The maximum atomic E-state index is 12.8. The Kier molecular flexibility index (Phi) is 13.6. The van der Waals surface area contributed by atoms with Crippen molar-refractivity contribution in [2.45, 2.75) is 40.8 Å². The van der Waals surface area contributed by atoms with E-state index in [1.165, 1.54) is 6.20 Å². The van der Waals surface area contributed by atoms with Gasteiger partial charge in [-0.3, -0.25) is 19.4 Å². The molecule has 59 heavy (non-hydrogen) atoms. The van der Waals surface area contributed by atoms with Gasteiger partial charge in [0.15, 0.2) is 11.3 Å². The van der Waals surface area contributed by atoms with E-state index in [1.54, 1.807) is 6.20 Å². The molecule has 2 aromatic carbocycles. The number of fused-ring (bicyclic) bond motifs is 2. The Hall–Kier alpha value is -4.96. The molecule has 2 saturated heterocycles. The molecule has 8 rings (SSSR count). The molecule has 2 fully saturated rings. The minimum atomic E-state index is -0.277. The molecule has 3 N–H and O–H groups in total. The summed E-state index contributed by atoms with van der Waals surface area (Å²) in [6.07, 6.45) is 3.08. The first-order chi connectivity index (χ1) is 28.4. The van der Waals surface area contributed by atoms with Gasteiger partial charge >= 0.3 is 0 Å². The second-order valence-corrected chi connectivity index (χ2v) is 16.1. The molecule has 0 saturated carbocycles. The Morgan fingerprint density at radius 1 is 0.610 bits per heavy atom. The van der Waals surface area contributed by atoms with E-state index < -0.39 is 0 Å². The van der Waals surface area contributed by atoms with E-state index in [-0.39, 0.29) is 11.8 Å². The van der Waals surface area contributed by atoms with Crippen molar-refractivity contribution in [1.29, 1.82) is 0 Å². The third-order valence-corrected chi connectivity index (χ3v) is 11.7. The molecule has 0 bridgehead atoms. The van der Waals surface area contributed by atoms with Gasteiger partial charge < -0.3 is 20.9 Å². The number of rotatable bonds is 10. The topological polar surface area (TPSA) is 141 Å². The first kappa shape index (κ1) is 42.2. The van der Waals surface area contributed by atoms with Gasteiger partial charge in [0.05, 0.1) is 56.4 Å². The molecule has 310 valence electrons. The SMILES string of the molecule is Cc1ccc(NC(=O)c2cnc3c(c(C)nn3CCN3CCN(C)CC3)c2Cl)cc1.Cc1ccc(NC(=O)c2cnc3c(c(C)nn3CCN3CCNCC3)c2Cl)cc1. The van der Waals surface area contributed by atoms with Crippen molar-refractivity contribution in [3.05, 3.63) is 105 Å². The predicted molar refractivity (Wildman–Crippen MR) is 236 cm³/mol. The molecular weight excluding hydrogens is 787 g/mol. The maximum absolute atomic E-state index is 12.8. The maximum Gasteiger partial charge on any atom is 0.258 e. The number of amides is 2. The zero-order valence-electron chi connectivity index (χ0n) is 34.4. The number of halogens is 2. The summed E-state index contributed by atoms with van der Waals surface area (Å²) < 4.78 is 3.79. The molecule has 0 spiro atoms. The Balaban J connectivity index is 0.000000179. The zero-order chi connectivity index (χ0) is 41.6. The van der Waals surface area contributed by atoms with Gasteiger partial charge in [0, 0.05) is 89.2 Å². The third kappa shape index (κ3) is 10.1. The standard InChI is InChI=1S/C22H27ClN6O.C21H25ClN6O/c1-15-4-6-17(7-5-15)25-22(30)18-14-24-21-19(20(18)23)16(2)26-29(21)13-12-28-10-8-27(3)9-11-28;1-14-3-5-16(6-4-14)25-21(29)17-13-24-20-18(19(17)22)15(2)26-28(20)12-11-27-9-7-23-8-10-27/h4-7,14H,8-13H2,1-3H3,(H,25,30);3-6,13,23H,7-12H2,1-2H3,(H,25,29). The van der Waals surface area contributed by atoms with Crippen molar-refractivity contribution >= 4 is 68.5 Å². The minimum absolute atomic E-state index is 0.275. The molecule has 6 heterocycles. The van der Waals surface area contributed by atoms with Crippen LogP contribution in [0.2, 0.25) is 10.0 Å². The monoisotopic (exact) mass is 838 g/mol. The summed E-state index contributed by atoms with van der Waals surface area (Å²) in [6, 6.07) is 15.3. The largest absolute Gasteiger partial charge is 0.322 e. The number of benzene rings is 2. The average Bonchev–Trinajstić information content (AvgIpc) is 3.74. The fraction of sp³-hybridized carbons (Fsp3) is 0.395. The number of nitrogens with one attached hydrogen (secondary N) is 3. The summed E-state index contributed by atoms with van der Waals surface area (Å²) in [4.78, 5) is 41.8. The number of likely N-dealkylation sites (N-methyl/N-ethyl adjacent to an activating group) is 1. The lowest BCUT2D eigenvalue weighted by atomic mass is 10.2. The molecule has 4 aromatic heterocycles. The summed E-state index contributed by atoms with van der Waals surface area (Å²) in [7, 11) is 2.15. The highest BCUT2D eigenvalue weighted by atomic mass is 35.5. The van der Waals surface area contributed by atoms with Crippen molar-refractivity contribution in [3.8, 4) is 0 Å². The minimum Gasteiger partial charge on any atom is -0.322 e. The van der Waals surface area contributed by atoms with Gasteiger partial charge in [-0.2, -0.15) is 10.2 Å². The third-order valence-electron chi connectivity index (χ3n) is 10.9. The van der Waals surface area contributed by atoms with Crippen LogP contribution in [-0.2, 0) is 13.1 Å². The Morgan fingerprint density at radius 3 is 1.44 bits per heavy atom. The second kappa shape index (κ2) is 19.0. The van der Waals surface area contributed by atoms with Crippen LogP contribution in [0.3, 0.4) is 0 Å². The van der Waals surface area contributed by atoms with Gasteiger partial charge in [-0.15, -0.1) is 0 Å². The molecular formula is C43H52Cl2N12O2. The number of carbonyl (C=O) groups excluding carboxylic acids is 2. The van der Waals surface area contributed by atoms with E-state index in [9.17, 15) is 9.59 Å². The molecule has 0 aliphatic carbocycles. The van der Waals surface area contributed by atoms with E-state index in [2.05, 4.69) is 57.9 Å². The number of hydrogen-bond acceptors (Lipinski definition) is 10. The summed E-state index contributed by atoms with van der Waals surface area (Å²) in [5, 5.41) is 20.7. The quantitative estimate of drug-likeness (QED) is 0.149. The van der Waals surface area contributed by atoms with Crippen LogP contribution in [0, 0.1) is 27.7 Å². The van der Waals surface area contributed by atoms with Crippen LogP contribution in [0.5, 0.6) is 0 Å². The average molecular weight is 840 g/mol. The fourth-order valence-electron chi connectivity index (χ4n) is 7.33. The van der Waals surface area contributed by atoms with E-state index in [1.807, 2.05) is 85.6 Å². The van der Waals surface area contributed by atoms with Crippen molar-refractivity contribution < 1.29 is 9.59 Å². The Labute approximate surface area is 354 Å². The van der Waals surface area contributed by atoms with Crippen LogP contribution in [0.4, 0.5) is 11.4 Å². The Morgan fingerprint density at radius 2 is 1.02 bits per heavy atom. The highest BCUT2D eigenvalue weighted by Gasteiger charge is 2.22. The lowest BCUT2D eigenvalue weighted by Gasteiger charge is -2.32. The molecule has 0 radical (unpaired) electrons. The van der Waals surface area contributed by atoms with Crippen LogP contribution in [0.1, 0.15) is 43.2 Å². The van der Waals surface area contributed by atoms with Crippen molar-refractivity contribution in [3.63, 3.8) is 0 Å². The number of aromatic nitrogens is 6. The van der Waals surface area contributed by atoms with E-state index >= 15 is 0 Å². The Bertz CT molecular complexity index is 2420. The highest BCUT2D eigenvalue weighted by molar-refractivity contribution is 6.39. The number of anilines is 2. The van der Waals surface area contributed by atoms with Crippen molar-refractivity contribution in [1.82, 2.24) is 49.5 Å². The number of pyridine rings is 2. The van der Waals surface area contributed by atoms with E-state index in [4.69, 9.17) is 23.2 Å². The molecule has 14 nitrogen and oxygen atoms in total. The number of nitrogens with zero attached hydrogens (tertiary/aromatic N) is 9. The highest BCUT2D eigenvalue weighted by Crippen LogP contribution is 2.30. The van der Waals surface area contributed by atoms with Gasteiger partial charge in [0.1, 0.15) is 0 Å². The molecule has 16 heteroatoms. The summed E-state index contributed by atoms with van der Waals surface area (Å²) >= 11 is 13.3.